The van der Waals surface area contributed by atoms with E-state index in [0.717, 1.165) is 12.0 Å². The van der Waals surface area contributed by atoms with Gasteiger partial charge in [0.25, 0.3) is 0 Å². The van der Waals surface area contributed by atoms with Crippen LogP contribution >= 0.6 is 0 Å². The molecule has 1 aromatic carbocycles. The SMILES string of the molecule is CCOC(=O)c1c(S(=O)(=O)N2CCC[C@H](C(=O)Nc3cccc(CC)c3)C2)c(C)n(CC)c1C. The zero-order valence-corrected chi connectivity index (χ0v) is 21.5. The molecule has 9 heteroatoms. The minimum Gasteiger partial charge on any atom is -0.462 e. The molecule has 1 fully saturated rings. The Morgan fingerprint density at radius 3 is 2.53 bits per heavy atom. The summed E-state index contributed by atoms with van der Waals surface area (Å²) in [5.41, 5.74) is 2.98. The molecule has 1 aliphatic rings. The molecule has 0 unspecified atom stereocenters. The number of nitrogens with one attached hydrogen (secondary N) is 1. The number of carbonyl (C=O) groups is 2. The number of benzene rings is 1. The van der Waals surface area contributed by atoms with E-state index in [1.54, 1.807) is 20.8 Å². The van der Waals surface area contributed by atoms with Crippen molar-refractivity contribution in [3.05, 3.63) is 46.8 Å². The summed E-state index contributed by atoms with van der Waals surface area (Å²) in [6, 6.07) is 7.66. The van der Waals surface area contributed by atoms with Crippen LogP contribution in [0.15, 0.2) is 29.2 Å². The number of rotatable bonds is 8. The van der Waals surface area contributed by atoms with Gasteiger partial charge in [0.1, 0.15) is 10.5 Å². The second-order valence-electron chi connectivity index (χ2n) is 8.59. The van der Waals surface area contributed by atoms with Crippen LogP contribution in [-0.4, -0.2) is 48.9 Å². The van der Waals surface area contributed by atoms with Gasteiger partial charge in [-0.3, -0.25) is 4.79 Å². The van der Waals surface area contributed by atoms with Crippen LogP contribution in [0.1, 0.15) is 60.9 Å². The summed E-state index contributed by atoms with van der Waals surface area (Å²) in [5.74, 6) is -1.32. The lowest BCUT2D eigenvalue weighted by atomic mass is 9.98. The molecule has 0 bridgehead atoms. The maximum absolute atomic E-state index is 13.8. The van der Waals surface area contributed by atoms with Gasteiger partial charge in [-0.1, -0.05) is 19.1 Å². The molecule has 186 valence electrons. The van der Waals surface area contributed by atoms with Crippen LogP contribution in [0.5, 0.6) is 0 Å². The fourth-order valence-corrected chi connectivity index (χ4v) is 6.68. The van der Waals surface area contributed by atoms with Gasteiger partial charge in [0.15, 0.2) is 0 Å². The van der Waals surface area contributed by atoms with Crippen molar-refractivity contribution in [3.63, 3.8) is 0 Å². The molecule has 1 aromatic heterocycles. The van der Waals surface area contributed by atoms with Gasteiger partial charge >= 0.3 is 5.97 Å². The average Bonchev–Trinajstić information content (AvgIpc) is 3.09. The Labute approximate surface area is 202 Å². The van der Waals surface area contributed by atoms with E-state index in [-0.39, 0.29) is 29.5 Å². The second-order valence-corrected chi connectivity index (χ2v) is 10.5. The zero-order valence-electron chi connectivity index (χ0n) is 20.7. The molecule has 3 rings (SSSR count). The maximum atomic E-state index is 13.8. The fraction of sp³-hybridized carbons (Fsp3) is 0.520. The summed E-state index contributed by atoms with van der Waals surface area (Å²) >= 11 is 0. The van der Waals surface area contributed by atoms with Crippen molar-refractivity contribution in [2.45, 2.75) is 65.3 Å². The number of nitrogens with zero attached hydrogens (tertiary/aromatic N) is 2. The Hall–Kier alpha value is -2.65. The summed E-state index contributed by atoms with van der Waals surface area (Å²) < 4.78 is 35.9. The van der Waals surface area contributed by atoms with E-state index in [9.17, 15) is 18.0 Å². The Bertz CT molecular complexity index is 1170. The Balaban J connectivity index is 1.89. The topological polar surface area (TPSA) is 97.7 Å². The van der Waals surface area contributed by atoms with Crippen LogP contribution in [-0.2, 0) is 32.5 Å². The number of piperidine rings is 1. The van der Waals surface area contributed by atoms with Crippen molar-refractivity contribution in [2.24, 2.45) is 5.92 Å². The molecular formula is C25H35N3O5S. The largest absolute Gasteiger partial charge is 0.462 e. The second kappa shape index (κ2) is 10.7. The number of sulfonamides is 1. The summed E-state index contributed by atoms with van der Waals surface area (Å²) in [4.78, 5) is 25.7. The van der Waals surface area contributed by atoms with Crippen LogP contribution in [0.2, 0.25) is 0 Å². The minimum atomic E-state index is -4.02. The molecule has 0 spiro atoms. The van der Waals surface area contributed by atoms with Gasteiger partial charge in [-0.15, -0.1) is 0 Å². The van der Waals surface area contributed by atoms with Gasteiger partial charge in [0.05, 0.1) is 12.5 Å². The zero-order chi connectivity index (χ0) is 25.0. The number of amides is 1. The summed E-state index contributed by atoms with van der Waals surface area (Å²) in [6.45, 7) is 10.1. The van der Waals surface area contributed by atoms with E-state index in [2.05, 4.69) is 5.32 Å². The number of anilines is 1. The molecular weight excluding hydrogens is 454 g/mol. The normalized spacial score (nSPS) is 16.9. The molecule has 1 saturated heterocycles. The van der Waals surface area contributed by atoms with Gasteiger partial charge in [-0.25, -0.2) is 13.2 Å². The minimum absolute atomic E-state index is 0.0120. The van der Waals surface area contributed by atoms with Crippen molar-refractivity contribution < 1.29 is 22.7 Å². The molecule has 1 N–H and O–H groups in total. The number of aromatic nitrogens is 1. The molecule has 1 amide bonds. The van der Waals surface area contributed by atoms with Gasteiger partial charge < -0.3 is 14.6 Å². The van der Waals surface area contributed by atoms with Crippen LogP contribution in [0.3, 0.4) is 0 Å². The summed E-state index contributed by atoms with van der Waals surface area (Å²) in [6.07, 6.45) is 2.02. The van der Waals surface area contributed by atoms with Crippen LogP contribution in [0.4, 0.5) is 5.69 Å². The first-order valence-electron chi connectivity index (χ1n) is 11.9. The van der Waals surface area contributed by atoms with Crippen molar-refractivity contribution in [1.29, 1.82) is 0 Å². The quantitative estimate of drug-likeness (QED) is 0.567. The lowest BCUT2D eigenvalue weighted by Crippen LogP contribution is -2.44. The van der Waals surface area contributed by atoms with E-state index < -0.39 is 21.9 Å². The third-order valence-corrected chi connectivity index (χ3v) is 8.51. The molecule has 8 nitrogen and oxygen atoms in total. The highest BCUT2D eigenvalue weighted by atomic mass is 32.2. The first-order chi connectivity index (χ1) is 16.1. The first kappa shape index (κ1) is 26.0. The van der Waals surface area contributed by atoms with Crippen molar-refractivity contribution in [2.75, 3.05) is 25.0 Å². The summed E-state index contributed by atoms with van der Waals surface area (Å²) in [5, 5.41) is 2.94. The molecule has 2 heterocycles. The van der Waals surface area contributed by atoms with Gasteiger partial charge in [-0.2, -0.15) is 4.31 Å². The lowest BCUT2D eigenvalue weighted by molar-refractivity contribution is -0.120. The Kier molecular flexibility index (Phi) is 8.20. The van der Waals surface area contributed by atoms with Crippen molar-refractivity contribution in [1.82, 2.24) is 8.87 Å². The summed E-state index contributed by atoms with van der Waals surface area (Å²) in [7, 11) is -4.02. The Morgan fingerprint density at radius 1 is 1.15 bits per heavy atom. The molecule has 2 aromatic rings. The van der Waals surface area contributed by atoms with Crippen molar-refractivity contribution in [3.8, 4) is 0 Å². The number of aryl methyl sites for hydroxylation is 1. The average molecular weight is 490 g/mol. The van der Waals surface area contributed by atoms with Crippen molar-refractivity contribution >= 4 is 27.6 Å². The van der Waals surface area contributed by atoms with Gasteiger partial charge in [0, 0.05) is 36.7 Å². The monoisotopic (exact) mass is 489 g/mol. The third kappa shape index (κ3) is 5.05. The van der Waals surface area contributed by atoms with E-state index >= 15 is 0 Å². The van der Waals surface area contributed by atoms with Gasteiger partial charge in [-0.05, 0) is 64.7 Å². The molecule has 1 aliphatic heterocycles. The Morgan fingerprint density at radius 2 is 1.88 bits per heavy atom. The molecule has 0 aliphatic carbocycles. The van der Waals surface area contributed by atoms with E-state index in [0.29, 0.717) is 43.0 Å². The lowest BCUT2D eigenvalue weighted by Gasteiger charge is -2.31. The highest BCUT2D eigenvalue weighted by Gasteiger charge is 2.39. The first-order valence-corrected chi connectivity index (χ1v) is 13.4. The molecule has 0 radical (unpaired) electrons. The van der Waals surface area contributed by atoms with Crippen LogP contribution in [0.25, 0.3) is 0 Å². The van der Waals surface area contributed by atoms with Crippen LogP contribution in [0, 0.1) is 19.8 Å². The smallest absolute Gasteiger partial charge is 0.341 e. The number of hydrogen-bond acceptors (Lipinski definition) is 5. The third-order valence-electron chi connectivity index (χ3n) is 6.48. The van der Waals surface area contributed by atoms with E-state index in [4.69, 9.17) is 4.74 Å². The fourth-order valence-electron chi connectivity index (χ4n) is 4.71. The predicted octanol–water partition coefficient (Wildman–Crippen LogP) is 3.90. The van der Waals surface area contributed by atoms with E-state index in [1.807, 2.05) is 42.7 Å². The maximum Gasteiger partial charge on any atom is 0.341 e. The molecule has 0 saturated carbocycles. The molecule has 34 heavy (non-hydrogen) atoms. The predicted molar refractivity (Wildman–Crippen MR) is 131 cm³/mol. The molecule has 1 atom stereocenters. The standard InChI is InChI=1S/C25H35N3O5S/c1-6-19-11-9-13-21(15-19)26-24(29)20-12-10-14-27(16-20)34(31,32)23-18(5)28(7-2)17(4)22(23)25(30)33-8-3/h9,11,13,15,20H,6-8,10,12,14,16H2,1-5H3,(H,26,29)/t20-/m0/s1. The number of carbonyl (C=O) groups excluding carboxylic acids is 2. The highest BCUT2D eigenvalue weighted by molar-refractivity contribution is 7.89. The number of ether oxygens (including phenoxy) is 1. The highest BCUT2D eigenvalue weighted by Crippen LogP contribution is 2.33. The van der Waals surface area contributed by atoms with Gasteiger partial charge in [0.2, 0.25) is 15.9 Å². The number of hydrogen-bond donors (Lipinski definition) is 1. The van der Waals surface area contributed by atoms with E-state index in [1.165, 1.54) is 4.31 Å². The van der Waals surface area contributed by atoms with Crippen LogP contribution < -0.4 is 5.32 Å². The number of esters is 1.